The first-order chi connectivity index (χ1) is 14.3. The summed E-state index contributed by atoms with van der Waals surface area (Å²) in [7, 11) is 1.56. The third kappa shape index (κ3) is 6.72. The van der Waals surface area contributed by atoms with Crippen molar-refractivity contribution in [3.63, 3.8) is 0 Å². The molecule has 30 heavy (non-hydrogen) atoms. The van der Waals surface area contributed by atoms with Crippen LogP contribution < -0.4 is 10.1 Å². The molecule has 6 nitrogen and oxygen atoms in total. The molecule has 0 aromatic heterocycles. The van der Waals surface area contributed by atoms with E-state index < -0.39 is 0 Å². The Bertz CT molecular complexity index is 891. The Morgan fingerprint density at radius 2 is 1.70 bits per heavy atom. The maximum absolute atomic E-state index is 12.3. The summed E-state index contributed by atoms with van der Waals surface area (Å²) in [6, 6.07) is 12.6. The number of amides is 2. The van der Waals surface area contributed by atoms with Crippen LogP contribution in [-0.2, 0) is 9.59 Å². The van der Waals surface area contributed by atoms with Crippen LogP contribution in [0.25, 0.3) is 0 Å². The number of Topliss-reactive ketones (excluding diaryl/α,β-unsaturated/α-hetero) is 1. The normalized spacial score (nSPS) is 10.4. The minimum atomic E-state index is -0.270. The van der Waals surface area contributed by atoms with Gasteiger partial charge in [-0.15, -0.1) is 0 Å². The molecule has 2 aromatic carbocycles. The topological polar surface area (TPSA) is 75.7 Å². The fraction of sp³-hybridized carbons (Fsp3) is 0.375. The number of hydrogen-bond acceptors (Lipinski definition) is 4. The predicted octanol–water partition coefficient (Wildman–Crippen LogP) is 4.15. The lowest BCUT2D eigenvalue weighted by Gasteiger charge is -2.17. The third-order valence-corrected chi connectivity index (χ3v) is 4.90. The van der Waals surface area contributed by atoms with Crippen molar-refractivity contribution in [2.45, 2.75) is 40.0 Å². The SMILES string of the molecule is CCCOc1ccc(C(=O)CCC(=O)N(C)CC(=O)Nc2cccc(C)c2C)cc1. The Hall–Kier alpha value is -3.15. The second kappa shape index (κ2) is 11.1. The number of aryl methyl sites for hydroxylation is 1. The first kappa shape index (κ1) is 23.1. The number of anilines is 1. The minimum absolute atomic E-state index is 0.0557. The highest BCUT2D eigenvalue weighted by atomic mass is 16.5. The van der Waals surface area contributed by atoms with Crippen LogP contribution in [0.2, 0.25) is 0 Å². The van der Waals surface area contributed by atoms with Gasteiger partial charge in [0.05, 0.1) is 13.2 Å². The van der Waals surface area contributed by atoms with Crippen molar-refractivity contribution in [2.75, 3.05) is 25.5 Å². The number of nitrogens with zero attached hydrogens (tertiary/aromatic N) is 1. The molecular weight excluding hydrogens is 380 g/mol. The van der Waals surface area contributed by atoms with E-state index in [1.165, 1.54) is 4.90 Å². The lowest BCUT2D eigenvalue weighted by molar-refractivity contribution is -0.133. The van der Waals surface area contributed by atoms with Crippen LogP contribution in [0.15, 0.2) is 42.5 Å². The Balaban J connectivity index is 1.81. The zero-order chi connectivity index (χ0) is 22.1. The van der Waals surface area contributed by atoms with Crippen molar-refractivity contribution < 1.29 is 19.1 Å². The average Bonchev–Trinajstić information content (AvgIpc) is 2.73. The fourth-order valence-electron chi connectivity index (χ4n) is 2.89. The Kier molecular flexibility index (Phi) is 8.59. The molecule has 0 fully saturated rings. The molecule has 0 aliphatic carbocycles. The lowest BCUT2D eigenvalue weighted by Crippen LogP contribution is -2.35. The Labute approximate surface area is 178 Å². The molecule has 0 spiro atoms. The number of likely N-dealkylation sites (N-methyl/N-ethyl adjacent to an activating group) is 1. The van der Waals surface area contributed by atoms with Crippen LogP contribution in [-0.4, -0.2) is 42.7 Å². The molecule has 0 saturated heterocycles. The fourth-order valence-corrected chi connectivity index (χ4v) is 2.89. The van der Waals surface area contributed by atoms with E-state index in [1.807, 2.05) is 39.0 Å². The van der Waals surface area contributed by atoms with E-state index in [4.69, 9.17) is 4.74 Å². The lowest BCUT2D eigenvalue weighted by atomic mass is 10.1. The predicted molar refractivity (Wildman–Crippen MR) is 118 cm³/mol. The quantitative estimate of drug-likeness (QED) is 0.597. The number of benzene rings is 2. The number of rotatable bonds is 10. The molecule has 0 heterocycles. The molecule has 6 heteroatoms. The van der Waals surface area contributed by atoms with Gasteiger partial charge in [-0.2, -0.15) is 0 Å². The van der Waals surface area contributed by atoms with Crippen molar-refractivity contribution >= 4 is 23.3 Å². The van der Waals surface area contributed by atoms with Gasteiger partial charge in [0, 0.05) is 31.1 Å². The minimum Gasteiger partial charge on any atom is -0.494 e. The van der Waals surface area contributed by atoms with Crippen LogP contribution in [0.5, 0.6) is 5.75 Å². The standard InChI is InChI=1S/C24H30N2O4/c1-5-15-30-20-11-9-19(10-12-20)22(27)13-14-24(29)26(4)16-23(28)25-21-8-6-7-17(2)18(21)3/h6-12H,5,13-16H2,1-4H3,(H,25,28). The summed E-state index contributed by atoms with van der Waals surface area (Å²) in [5.41, 5.74) is 3.36. The first-order valence-electron chi connectivity index (χ1n) is 10.2. The summed E-state index contributed by atoms with van der Waals surface area (Å²) in [4.78, 5) is 38.3. The maximum atomic E-state index is 12.3. The van der Waals surface area contributed by atoms with Crippen LogP contribution in [0.1, 0.15) is 47.7 Å². The van der Waals surface area contributed by atoms with E-state index in [0.29, 0.717) is 12.2 Å². The number of nitrogens with one attached hydrogen (secondary N) is 1. The highest BCUT2D eigenvalue weighted by molar-refractivity contribution is 5.99. The second-order valence-electron chi connectivity index (χ2n) is 7.34. The van der Waals surface area contributed by atoms with Gasteiger partial charge in [0.1, 0.15) is 5.75 Å². The average molecular weight is 411 g/mol. The number of ether oxygens (including phenoxy) is 1. The maximum Gasteiger partial charge on any atom is 0.243 e. The number of carbonyl (C=O) groups excluding carboxylic acids is 3. The molecule has 0 unspecified atom stereocenters. The van der Waals surface area contributed by atoms with Crippen molar-refractivity contribution in [3.8, 4) is 5.75 Å². The molecule has 0 atom stereocenters. The van der Waals surface area contributed by atoms with Gasteiger partial charge < -0.3 is 15.0 Å². The van der Waals surface area contributed by atoms with Gasteiger partial charge in [-0.1, -0.05) is 19.1 Å². The second-order valence-corrected chi connectivity index (χ2v) is 7.34. The van der Waals surface area contributed by atoms with Crippen molar-refractivity contribution in [3.05, 3.63) is 59.2 Å². The van der Waals surface area contributed by atoms with E-state index in [1.54, 1.807) is 31.3 Å². The van der Waals surface area contributed by atoms with Gasteiger partial charge in [-0.3, -0.25) is 14.4 Å². The molecular formula is C24H30N2O4. The highest BCUT2D eigenvalue weighted by Gasteiger charge is 2.16. The highest BCUT2D eigenvalue weighted by Crippen LogP contribution is 2.18. The summed E-state index contributed by atoms with van der Waals surface area (Å²) in [6.07, 6.45) is 1.07. The molecule has 0 aliphatic rings. The van der Waals surface area contributed by atoms with E-state index in [9.17, 15) is 14.4 Å². The third-order valence-electron chi connectivity index (χ3n) is 4.90. The summed E-state index contributed by atoms with van der Waals surface area (Å²) < 4.78 is 5.50. The van der Waals surface area contributed by atoms with E-state index >= 15 is 0 Å². The van der Waals surface area contributed by atoms with E-state index in [2.05, 4.69) is 5.32 Å². The van der Waals surface area contributed by atoms with Crippen LogP contribution in [0.4, 0.5) is 5.69 Å². The first-order valence-corrected chi connectivity index (χ1v) is 10.2. The van der Waals surface area contributed by atoms with Gasteiger partial charge in [0.2, 0.25) is 11.8 Å². The van der Waals surface area contributed by atoms with Gasteiger partial charge >= 0.3 is 0 Å². The molecule has 0 saturated carbocycles. The number of carbonyl (C=O) groups is 3. The van der Waals surface area contributed by atoms with E-state index in [0.717, 1.165) is 29.0 Å². The number of hydrogen-bond donors (Lipinski definition) is 1. The van der Waals surface area contributed by atoms with Crippen molar-refractivity contribution in [1.82, 2.24) is 4.90 Å². The number of ketones is 1. The van der Waals surface area contributed by atoms with Crippen LogP contribution >= 0.6 is 0 Å². The Morgan fingerprint density at radius 1 is 1.00 bits per heavy atom. The molecule has 2 aromatic rings. The van der Waals surface area contributed by atoms with Gasteiger partial charge in [-0.25, -0.2) is 0 Å². The molecule has 0 aliphatic heterocycles. The van der Waals surface area contributed by atoms with Gasteiger partial charge in [0.15, 0.2) is 5.78 Å². The van der Waals surface area contributed by atoms with Crippen LogP contribution in [0.3, 0.4) is 0 Å². The largest absolute Gasteiger partial charge is 0.494 e. The summed E-state index contributed by atoms with van der Waals surface area (Å²) in [6.45, 7) is 6.51. The summed E-state index contributed by atoms with van der Waals surface area (Å²) in [5.74, 6) is 0.0913. The zero-order valence-electron chi connectivity index (χ0n) is 18.2. The van der Waals surface area contributed by atoms with Crippen LogP contribution in [0, 0.1) is 13.8 Å². The molecule has 2 rings (SSSR count). The van der Waals surface area contributed by atoms with Crippen molar-refractivity contribution in [2.24, 2.45) is 0 Å². The van der Waals surface area contributed by atoms with Gasteiger partial charge in [-0.05, 0) is 61.7 Å². The molecule has 1 N–H and O–H groups in total. The monoisotopic (exact) mass is 410 g/mol. The Morgan fingerprint density at radius 3 is 2.37 bits per heavy atom. The molecule has 0 radical (unpaired) electrons. The zero-order valence-corrected chi connectivity index (χ0v) is 18.2. The summed E-state index contributed by atoms with van der Waals surface area (Å²) >= 11 is 0. The van der Waals surface area contributed by atoms with Gasteiger partial charge in [0.25, 0.3) is 0 Å². The smallest absolute Gasteiger partial charge is 0.243 e. The molecule has 2 amide bonds. The summed E-state index contributed by atoms with van der Waals surface area (Å²) in [5, 5.41) is 2.84. The van der Waals surface area contributed by atoms with Crippen molar-refractivity contribution in [1.29, 1.82) is 0 Å². The van der Waals surface area contributed by atoms with E-state index in [-0.39, 0.29) is 37.0 Å². The molecule has 0 bridgehead atoms. The molecule has 160 valence electrons.